The van der Waals surface area contributed by atoms with Crippen LogP contribution in [0.3, 0.4) is 0 Å². The highest BCUT2D eigenvalue weighted by Crippen LogP contribution is 2.25. The second-order valence-electron chi connectivity index (χ2n) is 11.0. The number of nitrogens with two attached hydrogens (primary N) is 1. The second-order valence-corrected chi connectivity index (χ2v) is 11.9. The maximum absolute atomic E-state index is 13.2. The van der Waals surface area contributed by atoms with Gasteiger partial charge >= 0.3 is 0 Å². The fourth-order valence-corrected chi connectivity index (χ4v) is 3.56. The first kappa shape index (κ1) is 27.8. The third-order valence-corrected chi connectivity index (χ3v) is 5.77. The lowest BCUT2D eigenvalue weighted by molar-refractivity contribution is 0.344. The summed E-state index contributed by atoms with van der Waals surface area (Å²) in [6, 6.07) is 0. The van der Waals surface area contributed by atoms with Crippen LogP contribution in [0.15, 0.2) is 17.8 Å². The molecule has 0 spiro atoms. The number of halogens is 1. The largest absolute Gasteiger partial charge is 0.396 e. The molecule has 0 saturated carbocycles. The van der Waals surface area contributed by atoms with Crippen molar-refractivity contribution in [3.8, 4) is 0 Å². The van der Waals surface area contributed by atoms with Crippen molar-refractivity contribution in [1.82, 2.24) is 24.5 Å². The summed E-state index contributed by atoms with van der Waals surface area (Å²) in [5.74, 6) is -0.190. The molecule has 0 aromatic carbocycles. The van der Waals surface area contributed by atoms with Crippen molar-refractivity contribution < 1.29 is 4.39 Å². The first-order valence-corrected chi connectivity index (χ1v) is 11.7. The van der Waals surface area contributed by atoms with E-state index < -0.39 is 0 Å². The third kappa shape index (κ3) is 8.04. The van der Waals surface area contributed by atoms with E-state index in [2.05, 4.69) is 62.1 Å². The predicted molar refractivity (Wildman–Crippen MR) is 134 cm³/mol. The Balaban J connectivity index is 0.000000241. The highest BCUT2D eigenvalue weighted by molar-refractivity contribution is 7.09. The van der Waals surface area contributed by atoms with Gasteiger partial charge in [-0.2, -0.15) is 10.2 Å². The lowest BCUT2D eigenvalue weighted by Gasteiger charge is -2.20. The van der Waals surface area contributed by atoms with Gasteiger partial charge in [-0.1, -0.05) is 20.8 Å². The van der Waals surface area contributed by atoms with Gasteiger partial charge in [0.05, 0.1) is 39.4 Å². The van der Waals surface area contributed by atoms with E-state index in [-0.39, 0.29) is 22.3 Å². The summed E-state index contributed by atoms with van der Waals surface area (Å²) in [6.45, 7) is 24.3. The zero-order valence-corrected chi connectivity index (χ0v) is 22.6. The van der Waals surface area contributed by atoms with Crippen LogP contribution in [0, 0.1) is 26.6 Å². The second kappa shape index (κ2) is 10.1. The van der Waals surface area contributed by atoms with Gasteiger partial charge in [0.1, 0.15) is 0 Å². The highest BCUT2D eigenvalue weighted by Gasteiger charge is 2.20. The Morgan fingerprint density at radius 1 is 0.938 bits per heavy atom. The number of hydrogen-bond donors (Lipinski definition) is 1. The van der Waals surface area contributed by atoms with Crippen molar-refractivity contribution in [2.45, 2.75) is 99.6 Å². The van der Waals surface area contributed by atoms with Gasteiger partial charge in [-0.25, -0.2) is 9.37 Å². The average molecular weight is 465 g/mol. The molecular formula is C24H41FN6S. The fourth-order valence-electron chi connectivity index (χ4n) is 2.68. The Hall–Kier alpha value is -2.22. The van der Waals surface area contributed by atoms with Crippen LogP contribution >= 0.6 is 11.3 Å². The van der Waals surface area contributed by atoms with Crippen molar-refractivity contribution in [3.05, 3.63) is 45.7 Å². The van der Waals surface area contributed by atoms with Crippen molar-refractivity contribution in [2.24, 2.45) is 0 Å². The van der Waals surface area contributed by atoms with E-state index in [0.29, 0.717) is 11.4 Å². The van der Waals surface area contributed by atoms with E-state index in [1.54, 1.807) is 36.1 Å². The molecule has 0 unspecified atom stereocenters. The van der Waals surface area contributed by atoms with Crippen molar-refractivity contribution in [2.75, 3.05) is 5.73 Å². The standard InChI is InChI=1S/C9H15FN2.C8H13NS.C7H13N3/c1-6-8(10)7(2)12(11-6)9(3,4)5;1-6-5-10-7(9-6)8(2,3)4;1-7(2,3)10-5-6(8)4-9-10/h1-5H3;5H,1-4H3;4-5H,8H2,1-3H3. The molecule has 0 aliphatic carbocycles. The molecule has 3 aromatic rings. The van der Waals surface area contributed by atoms with Crippen LogP contribution in [-0.4, -0.2) is 24.5 Å². The number of aromatic nitrogens is 5. The molecule has 0 atom stereocenters. The number of rotatable bonds is 0. The summed E-state index contributed by atoms with van der Waals surface area (Å²) < 4.78 is 16.8. The van der Waals surface area contributed by atoms with Crippen LogP contribution in [0.2, 0.25) is 0 Å². The molecule has 3 rings (SSSR count). The molecule has 0 fully saturated rings. The maximum atomic E-state index is 13.2. The number of nitrogens with zero attached hydrogens (tertiary/aromatic N) is 5. The molecule has 32 heavy (non-hydrogen) atoms. The molecule has 0 radical (unpaired) electrons. The minimum atomic E-state index is -0.190. The molecule has 0 bridgehead atoms. The molecule has 0 saturated heterocycles. The van der Waals surface area contributed by atoms with Gasteiger partial charge in [-0.05, 0) is 62.3 Å². The van der Waals surface area contributed by atoms with Crippen LogP contribution in [0.4, 0.5) is 10.1 Å². The molecule has 3 aromatic heterocycles. The molecule has 0 aliphatic rings. The minimum absolute atomic E-state index is 0.0393. The molecular weight excluding hydrogens is 423 g/mol. The Morgan fingerprint density at radius 2 is 1.50 bits per heavy atom. The fraction of sp³-hybridized carbons (Fsp3) is 0.625. The van der Waals surface area contributed by atoms with Crippen LogP contribution in [-0.2, 0) is 16.5 Å². The van der Waals surface area contributed by atoms with Gasteiger partial charge < -0.3 is 5.73 Å². The summed E-state index contributed by atoms with van der Waals surface area (Å²) in [7, 11) is 0. The van der Waals surface area contributed by atoms with E-state index in [9.17, 15) is 4.39 Å². The Labute approximate surface area is 197 Å². The summed E-state index contributed by atoms with van der Waals surface area (Å²) in [5.41, 5.74) is 8.55. The van der Waals surface area contributed by atoms with E-state index in [4.69, 9.17) is 5.73 Å². The SMILES string of the molecule is CC(C)(C)n1cc(N)cn1.Cc1csc(C(C)(C)C)n1.Cc1nn(C(C)(C)C)c(C)c1F. The van der Waals surface area contributed by atoms with Crippen molar-refractivity contribution in [3.63, 3.8) is 0 Å². The molecule has 0 aliphatic heterocycles. The normalized spacial score (nSPS) is 12.0. The van der Waals surface area contributed by atoms with Crippen LogP contribution in [0.5, 0.6) is 0 Å². The zero-order valence-electron chi connectivity index (χ0n) is 21.8. The Bertz CT molecular complexity index is 943. The lowest BCUT2D eigenvalue weighted by atomic mass is 9.98. The van der Waals surface area contributed by atoms with Gasteiger partial charge in [0, 0.05) is 22.7 Å². The Morgan fingerprint density at radius 3 is 1.69 bits per heavy atom. The molecule has 2 N–H and O–H groups in total. The van der Waals surface area contributed by atoms with Gasteiger partial charge in [-0.15, -0.1) is 11.3 Å². The van der Waals surface area contributed by atoms with E-state index in [1.807, 2.05) is 38.6 Å². The average Bonchev–Trinajstić information content (AvgIpc) is 3.31. The van der Waals surface area contributed by atoms with E-state index in [0.717, 1.165) is 11.4 Å². The quantitative estimate of drug-likeness (QED) is 0.420. The number of thiazole rings is 1. The summed E-state index contributed by atoms with van der Waals surface area (Å²) >= 11 is 1.75. The number of anilines is 1. The van der Waals surface area contributed by atoms with Crippen molar-refractivity contribution >= 4 is 17.0 Å². The first-order chi connectivity index (χ1) is 14.3. The molecule has 3 heterocycles. The maximum Gasteiger partial charge on any atom is 0.166 e. The third-order valence-electron chi connectivity index (χ3n) is 4.39. The van der Waals surface area contributed by atoms with Gasteiger partial charge in [0.15, 0.2) is 5.82 Å². The van der Waals surface area contributed by atoms with Gasteiger partial charge in [-0.3, -0.25) is 9.36 Å². The summed E-state index contributed by atoms with van der Waals surface area (Å²) in [4.78, 5) is 4.40. The smallest absolute Gasteiger partial charge is 0.166 e. The van der Waals surface area contributed by atoms with E-state index in [1.165, 1.54) is 5.01 Å². The van der Waals surface area contributed by atoms with Gasteiger partial charge in [0.25, 0.3) is 0 Å². The summed E-state index contributed by atoms with van der Waals surface area (Å²) in [5, 5.41) is 11.5. The van der Waals surface area contributed by atoms with E-state index >= 15 is 0 Å². The van der Waals surface area contributed by atoms with Gasteiger partial charge in [0.2, 0.25) is 0 Å². The van der Waals surface area contributed by atoms with Crippen LogP contribution < -0.4 is 5.73 Å². The summed E-state index contributed by atoms with van der Waals surface area (Å²) in [6.07, 6.45) is 3.49. The number of nitrogen functional groups attached to an aromatic ring is 1. The Kier molecular flexibility index (Phi) is 8.82. The molecule has 6 nitrogen and oxygen atoms in total. The number of hydrogen-bond acceptors (Lipinski definition) is 5. The zero-order chi connectivity index (χ0) is 25.1. The molecule has 180 valence electrons. The first-order valence-electron chi connectivity index (χ1n) is 10.8. The minimum Gasteiger partial charge on any atom is -0.396 e. The topological polar surface area (TPSA) is 74.6 Å². The highest BCUT2D eigenvalue weighted by atomic mass is 32.1. The van der Waals surface area contributed by atoms with Crippen molar-refractivity contribution in [1.29, 1.82) is 0 Å². The predicted octanol–water partition coefficient (Wildman–Crippen LogP) is 6.36. The number of aryl methyl sites for hydroxylation is 2. The molecule has 8 heteroatoms. The van der Waals surface area contributed by atoms with Crippen LogP contribution in [0.1, 0.15) is 84.4 Å². The van der Waals surface area contributed by atoms with Crippen LogP contribution in [0.25, 0.3) is 0 Å². The monoisotopic (exact) mass is 464 g/mol. The molecule has 0 amide bonds. The lowest BCUT2D eigenvalue weighted by Crippen LogP contribution is -2.24.